The summed E-state index contributed by atoms with van der Waals surface area (Å²) in [6.45, 7) is 0. The first kappa shape index (κ1) is 31.0. The van der Waals surface area contributed by atoms with Crippen molar-refractivity contribution in [1.29, 1.82) is 0 Å². The first-order valence-corrected chi connectivity index (χ1v) is 13.0. The summed E-state index contributed by atoms with van der Waals surface area (Å²) in [5, 5.41) is 9.63. The van der Waals surface area contributed by atoms with Gasteiger partial charge in [0, 0.05) is 12.4 Å². The number of nitrogens with zero attached hydrogens (tertiary/aromatic N) is 4. The maximum Gasteiger partial charge on any atom is 2.00 e. The molecule has 0 fully saturated rings. The standard InChI is InChI=1S/C33H20F6N4.Pt/c34-32(35,36)25-11-15-27(16-12-25)42-21-19-29(40-42)31(23-7-3-1-4-8-23,24-9-5-2-6-10-24)30-20-22-43(41-30)28-17-13-26(14-18-28)33(37,38)39;/h1-15,17,19-22H;/q-2;+2. The minimum Gasteiger partial charge on any atom is -0.265 e. The molecule has 0 N–H and O–H groups in total. The van der Waals surface area contributed by atoms with E-state index in [9.17, 15) is 26.3 Å². The van der Waals surface area contributed by atoms with Gasteiger partial charge in [-0.05, 0) is 34.6 Å². The SMILES string of the molecule is FC(F)(F)c1c[c-]c(-n2ccc(C(c3ccccc3)(c3ccccc3)c3ccn(-c4[c-]cc(C(F)(F)F)cc4)n3)n2)cc1.[Pt+2]. The number of alkyl halides is 6. The third-order valence-corrected chi connectivity index (χ3v) is 7.10. The molecule has 4 nitrogen and oxygen atoms in total. The summed E-state index contributed by atoms with van der Waals surface area (Å²) < 4.78 is 81.7. The summed E-state index contributed by atoms with van der Waals surface area (Å²) >= 11 is 0. The number of halogens is 6. The van der Waals surface area contributed by atoms with Gasteiger partial charge in [0.2, 0.25) is 0 Å². The summed E-state index contributed by atoms with van der Waals surface area (Å²) in [6.07, 6.45) is -5.72. The second-order valence-corrected chi connectivity index (χ2v) is 9.69. The molecule has 0 radical (unpaired) electrons. The van der Waals surface area contributed by atoms with Gasteiger partial charge in [0.25, 0.3) is 0 Å². The predicted molar refractivity (Wildman–Crippen MR) is 147 cm³/mol. The summed E-state index contributed by atoms with van der Waals surface area (Å²) in [7, 11) is 0. The monoisotopic (exact) mass is 781 g/mol. The fraction of sp³-hybridized carbons (Fsp3) is 0.0909. The van der Waals surface area contributed by atoms with Gasteiger partial charge in [-0.25, -0.2) is 0 Å². The molecule has 0 aliphatic heterocycles. The molecule has 224 valence electrons. The van der Waals surface area contributed by atoms with E-state index in [1.807, 2.05) is 60.7 Å². The Bertz CT molecular complexity index is 1690. The van der Waals surface area contributed by atoms with Gasteiger partial charge in [0.05, 0.1) is 11.4 Å². The van der Waals surface area contributed by atoms with Crippen LogP contribution in [0.4, 0.5) is 26.3 Å². The molecule has 4 aromatic carbocycles. The minimum absolute atomic E-state index is 0. The van der Waals surface area contributed by atoms with E-state index in [0.717, 1.165) is 35.4 Å². The zero-order chi connectivity index (χ0) is 30.2. The summed E-state index contributed by atoms with van der Waals surface area (Å²) in [5.41, 5.74) is 0.470. The molecule has 0 bridgehead atoms. The molecule has 2 aromatic heterocycles. The molecule has 0 unspecified atom stereocenters. The molecule has 0 saturated heterocycles. The number of hydrogen-bond donors (Lipinski definition) is 0. The van der Waals surface area contributed by atoms with Crippen molar-refractivity contribution in [2.75, 3.05) is 0 Å². The van der Waals surface area contributed by atoms with Crippen LogP contribution in [0, 0.1) is 12.1 Å². The van der Waals surface area contributed by atoms with E-state index in [4.69, 9.17) is 10.2 Å². The van der Waals surface area contributed by atoms with Gasteiger partial charge in [-0.1, -0.05) is 71.8 Å². The molecular formula is C33H20F6N4Pt. The normalized spacial score (nSPS) is 12.1. The first-order chi connectivity index (χ1) is 20.6. The van der Waals surface area contributed by atoms with Gasteiger partial charge in [0.15, 0.2) is 0 Å². The van der Waals surface area contributed by atoms with Crippen LogP contribution in [0.2, 0.25) is 0 Å². The molecule has 0 amide bonds. The zero-order valence-electron chi connectivity index (χ0n) is 22.4. The smallest absolute Gasteiger partial charge is 0.265 e. The number of hydrogen-bond acceptors (Lipinski definition) is 2. The largest absolute Gasteiger partial charge is 2.00 e. The topological polar surface area (TPSA) is 35.6 Å². The second kappa shape index (κ2) is 11.9. The first-order valence-electron chi connectivity index (χ1n) is 13.0. The Balaban J connectivity index is 0.00000384. The van der Waals surface area contributed by atoms with E-state index in [2.05, 4.69) is 12.1 Å². The van der Waals surface area contributed by atoms with E-state index < -0.39 is 28.9 Å². The van der Waals surface area contributed by atoms with Crippen LogP contribution in [0.5, 0.6) is 0 Å². The quantitative estimate of drug-likeness (QED) is 0.127. The Labute approximate surface area is 262 Å². The van der Waals surface area contributed by atoms with Crippen LogP contribution in [0.1, 0.15) is 33.6 Å². The molecule has 0 atom stereocenters. The number of aromatic nitrogens is 4. The van der Waals surface area contributed by atoms with E-state index in [-0.39, 0.29) is 21.1 Å². The molecule has 6 rings (SSSR count). The van der Waals surface area contributed by atoms with Gasteiger partial charge in [-0.3, -0.25) is 9.36 Å². The van der Waals surface area contributed by atoms with Gasteiger partial charge in [-0.15, -0.1) is 12.1 Å². The average Bonchev–Trinajstić information content (AvgIpc) is 3.70. The summed E-state index contributed by atoms with van der Waals surface area (Å²) in [4.78, 5) is 0. The molecular weight excluding hydrogens is 761 g/mol. The molecule has 0 saturated carbocycles. The number of rotatable bonds is 6. The van der Waals surface area contributed by atoms with Crippen LogP contribution < -0.4 is 0 Å². The van der Waals surface area contributed by atoms with Gasteiger partial charge in [0.1, 0.15) is 5.41 Å². The Kier molecular flexibility index (Phi) is 8.40. The Hall–Kier alpha value is -4.43. The van der Waals surface area contributed by atoms with E-state index in [1.165, 1.54) is 21.5 Å². The van der Waals surface area contributed by atoms with E-state index in [1.54, 1.807) is 24.5 Å². The van der Waals surface area contributed by atoms with E-state index >= 15 is 0 Å². The number of benzene rings is 4. The van der Waals surface area contributed by atoms with Crippen molar-refractivity contribution in [3.8, 4) is 11.4 Å². The van der Waals surface area contributed by atoms with Crippen LogP contribution >= 0.6 is 0 Å². The Morgan fingerprint density at radius 1 is 0.477 bits per heavy atom. The van der Waals surface area contributed by atoms with Crippen molar-refractivity contribution < 1.29 is 47.4 Å². The van der Waals surface area contributed by atoms with Crippen molar-refractivity contribution in [1.82, 2.24) is 19.6 Å². The van der Waals surface area contributed by atoms with Crippen LogP contribution in [-0.2, 0) is 38.8 Å². The molecule has 44 heavy (non-hydrogen) atoms. The Morgan fingerprint density at radius 2 is 0.864 bits per heavy atom. The molecule has 6 aromatic rings. The van der Waals surface area contributed by atoms with Crippen LogP contribution in [-0.4, -0.2) is 19.6 Å². The van der Waals surface area contributed by atoms with Gasteiger partial charge >= 0.3 is 33.4 Å². The zero-order valence-corrected chi connectivity index (χ0v) is 24.7. The van der Waals surface area contributed by atoms with Crippen molar-refractivity contribution in [2.24, 2.45) is 0 Å². The van der Waals surface area contributed by atoms with Gasteiger partial charge in [-0.2, -0.15) is 72.9 Å². The van der Waals surface area contributed by atoms with Crippen LogP contribution in [0.15, 0.2) is 122 Å². The molecule has 0 aliphatic carbocycles. The third kappa shape index (κ3) is 5.74. The molecule has 0 aliphatic rings. The minimum atomic E-state index is -4.50. The van der Waals surface area contributed by atoms with Crippen molar-refractivity contribution in [2.45, 2.75) is 17.8 Å². The van der Waals surface area contributed by atoms with Crippen molar-refractivity contribution in [3.05, 3.63) is 167 Å². The predicted octanol–water partition coefficient (Wildman–Crippen LogP) is 8.08. The molecule has 11 heteroatoms. The summed E-state index contributed by atoms with van der Waals surface area (Å²) in [5.74, 6) is 0. The van der Waals surface area contributed by atoms with Crippen LogP contribution in [0.3, 0.4) is 0 Å². The van der Waals surface area contributed by atoms with Gasteiger partial charge < -0.3 is 0 Å². The average molecular weight is 782 g/mol. The molecule has 2 heterocycles. The maximum atomic E-state index is 13.1. The third-order valence-electron chi connectivity index (χ3n) is 7.10. The van der Waals surface area contributed by atoms with Crippen molar-refractivity contribution >= 4 is 0 Å². The maximum absolute atomic E-state index is 13.1. The fourth-order valence-corrected chi connectivity index (χ4v) is 5.05. The molecule has 0 spiro atoms. The Morgan fingerprint density at radius 3 is 1.18 bits per heavy atom. The fourth-order valence-electron chi connectivity index (χ4n) is 5.05. The van der Waals surface area contributed by atoms with E-state index in [0.29, 0.717) is 22.8 Å². The van der Waals surface area contributed by atoms with Crippen LogP contribution in [0.25, 0.3) is 11.4 Å². The summed E-state index contributed by atoms with van der Waals surface area (Å²) in [6, 6.07) is 34.0. The van der Waals surface area contributed by atoms with Crippen molar-refractivity contribution in [3.63, 3.8) is 0 Å². The second-order valence-electron chi connectivity index (χ2n) is 9.69.